The van der Waals surface area contributed by atoms with Crippen LogP contribution >= 0.6 is 23.4 Å². The van der Waals surface area contributed by atoms with Crippen LogP contribution in [0.15, 0.2) is 75.0 Å². The second-order valence-corrected chi connectivity index (χ2v) is 7.14. The van der Waals surface area contributed by atoms with Gasteiger partial charge in [0, 0.05) is 16.7 Å². The average Bonchev–Trinajstić information content (AvgIpc) is 3.24. The highest BCUT2D eigenvalue weighted by Crippen LogP contribution is 2.30. The molecule has 0 atom stereocenters. The third-order valence-electron chi connectivity index (χ3n) is 3.72. The lowest BCUT2D eigenvalue weighted by Crippen LogP contribution is -2.19. The first kappa shape index (κ1) is 17.6. The maximum atomic E-state index is 13.4. The minimum atomic E-state index is -0.336. The smallest absolute Gasteiger partial charge is 0.264 e. The number of halogens is 2. The molecule has 27 heavy (non-hydrogen) atoms. The van der Waals surface area contributed by atoms with E-state index in [1.807, 2.05) is 0 Å². The van der Waals surface area contributed by atoms with Crippen LogP contribution in [0.4, 0.5) is 10.1 Å². The number of aliphatic imine (C=N–C) groups is 1. The van der Waals surface area contributed by atoms with E-state index in [1.165, 1.54) is 23.9 Å². The summed E-state index contributed by atoms with van der Waals surface area (Å²) in [5.41, 5.74) is 1.32. The van der Waals surface area contributed by atoms with Gasteiger partial charge in [0.15, 0.2) is 5.17 Å². The molecule has 0 aliphatic carbocycles. The first-order chi connectivity index (χ1) is 13.1. The predicted octanol–water partition coefficient (Wildman–Crippen LogP) is 5.63. The summed E-state index contributed by atoms with van der Waals surface area (Å²) < 4.78 is 19.1. The van der Waals surface area contributed by atoms with Crippen LogP contribution in [0.1, 0.15) is 5.76 Å². The summed E-state index contributed by atoms with van der Waals surface area (Å²) in [6.07, 6.45) is 1.63. The first-order valence-electron chi connectivity index (χ1n) is 7.98. The molecule has 2 aromatic carbocycles. The highest BCUT2D eigenvalue weighted by molar-refractivity contribution is 8.18. The van der Waals surface area contributed by atoms with Crippen LogP contribution in [0.2, 0.25) is 5.02 Å². The van der Waals surface area contributed by atoms with Crippen molar-refractivity contribution in [2.24, 2.45) is 4.99 Å². The molecule has 134 valence electrons. The first-order valence-corrected chi connectivity index (χ1v) is 9.17. The van der Waals surface area contributed by atoms with E-state index in [0.717, 1.165) is 0 Å². The second-order valence-electron chi connectivity index (χ2n) is 5.67. The molecule has 1 N–H and O–H groups in total. The largest absolute Gasteiger partial charge is 0.457 e. The molecule has 1 aliphatic heterocycles. The molecule has 0 spiro atoms. The van der Waals surface area contributed by atoms with Crippen molar-refractivity contribution in [2.75, 3.05) is 0 Å². The average molecular weight is 399 g/mol. The number of furan rings is 1. The maximum absolute atomic E-state index is 13.4. The third-order valence-corrected chi connectivity index (χ3v) is 4.88. The van der Waals surface area contributed by atoms with Gasteiger partial charge in [-0.2, -0.15) is 0 Å². The van der Waals surface area contributed by atoms with E-state index in [9.17, 15) is 9.18 Å². The molecule has 1 aliphatic rings. The number of thioether (sulfide) groups is 1. The molecule has 3 aromatic rings. The number of amides is 1. The lowest BCUT2D eigenvalue weighted by Gasteiger charge is -1.96. The Morgan fingerprint density at radius 3 is 2.70 bits per heavy atom. The van der Waals surface area contributed by atoms with Crippen molar-refractivity contribution in [3.05, 3.63) is 82.2 Å². The van der Waals surface area contributed by atoms with E-state index in [4.69, 9.17) is 16.0 Å². The molecule has 1 aromatic heterocycles. The standard InChI is InChI=1S/C20H12ClFN2O2S/c21-13-4-6-15(7-5-13)23-20-24-19(25)18(27-20)11-16-8-9-17(26-16)12-2-1-3-14(22)10-12/h1-11H,(H,23,24,25)/b18-11-. The molecule has 1 saturated heterocycles. The van der Waals surface area contributed by atoms with Crippen molar-refractivity contribution in [2.45, 2.75) is 0 Å². The van der Waals surface area contributed by atoms with Gasteiger partial charge >= 0.3 is 0 Å². The molecule has 0 unspecified atom stereocenters. The number of carbonyl (C=O) groups is 1. The Balaban J connectivity index is 1.54. The topological polar surface area (TPSA) is 54.6 Å². The van der Waals surface area contributed by atoms with E-state index in [0.29, 0.717) is 37.9 Å². The second kappa shape index (κ2) is 7.42. The summed E-state index contributed by atoms with van der Waals surface area (Å²) in [4.78, 5) is 17.0. The van der Waals surface area contributed by atoms with Gasteiger partial charge in [-0.3, -0.25) is 4.79 Å². The van der Waals surface area contributed by atoms with E-state index < -0.39 is 0 Å². The Hall–Kier alpha value is -2.83. The minimum absolute atomic E-state index is 0.253. The normalized spacial score (nSPS) is 16.9. The van der Waals surface area contributed by atoms with E-state index >= 15 is 0 Å². The third kappa shape index (κ3) is 4.13. The molecule has 0 bridgehead atoms. The fraction of sp³-hybridized carbons (Fsp3) is 0. The molecule has 1 amide bonds. The molecule has 0 saturated carbocycles. The van der Waals surface area contributed by atoms with Crippen molar-refractivity contribution in [3.63, 3.8) is 0 Å². The van der Waals surface area contributed by atoms with E-state index in [-0.39, 0.29) is 11.7 Å². The van der Waals surface area contributed by atoms with Gasteiger partial charge in [-0.15, -0.1) is 0 Å². The van der Waals surface area contributed by atoms with Gasteiger partial charge in [0.2, 0.25) is 0 Å². The van der Waals surface area contributed by atoms with Crippen LogP contribution in [0.25, 0.3) is 17.4 Å². The Bertz CT molecular complexity index is 1070. The molecule has 0 radical (unpaired) electrons. The number of hydrogen-bond donors (Lipinski definition) is 1. The summed E-state index contributed by atoms with van der Waals surface area (Å²) in [6.45, 7) is 0. The van der Waals surface area contributed by atoms with Crippen LogP contribution in [0, 0.1) is 5.82 Å². The SMILES string of the molecule is O=C1NC(=Nc2ccc(Cl)cc2)S/C1=C\c1ccc(-c2cccc(F)c2)o1. The molecule has 4 nitrogen and oxygen atoms in total. The fourth-order valence-electron chi connectivity index (χ4n) is 2.47. The van der Waals surface area contributed by atoms with Gasteiger partial charge < -0.3 is 9.73 Å². The lowest BCUT2D eigenvalue weighted by atomic mass is 10.2. The summed E-state index contributed by atoms with van der Waals surface area (Å²) >= 11 is 7.07. The van der Waals surface area contributed by atoms with E-state index in [1.54, 1.807) is 54.6 Å². The van der Waals surface area contributed by atoms with Crippen LogP contribution < -0.4 is 5.32 Å². The number of amidine groups is 1. The van der Waals surface area contributed by atoms with Gasteiger partial charge in [-0.05, 0) is 60.3 Å². The molecule has 4 rings (SSSR count). The molecule has 1 fully saturated rings. The van der Waals surface area contributed by atoms with Crippen LogP contribution in [0.5, 0.6) is 0 Å². The van der Waals surface area contributed by atoms with Crippen LogP contribution in [0.3, 0.4) is 0 Å². The molecule has 7 heteroatoms. The van der Waals surface area contributed by atoms with E-state index in [2.05, 4.69) is 10.3 Å². The maximum Gasteiger partial charge on any atom is 0.264 e. The van der Waals surface area contributed by atoms with Crippen molar-refractivity contribution in [1.82, 2.24) is 5.32 Å². The van der Waals surface area contributed by atoms with Gasteiger partial charge in [-0.1, -0.05) is 23.7 Å². The van der Waals surface area contributed by atoms with Crippen molar-refractivity contribution in [3.8, 4) is 11.3 Å². The number of hydrogen-bond acceptors (Lipinski definition) is 4. The Morgan fingerprint density at radius 1 is 1.11 bits per heavy atom. The number of carbonyl (C=O) groups excluding carboxylic acids is 1. The minimum Gasteiger partial charge on any atom is -0.457 e. The van der Waals surface area contributed by atoms with Gasteiger partial charge in [-0.25, -0.2) is 9.38 Å². The summed E-state index contributed by atoms with van der Waals surface area (Å²) in [7, 11) is 0. The summed E-state index contributed by atoms with van der Waals surface area (Å²) in [5.74, 6) is 0.438. The Morgan fingerprint density at radius 2 is 1.93 bits per heavy atom. The van der Waals surface area contributed by atoms with Crippen LogP contribution in [-0.2, 0) is 4.79 Å². The van der Waals surface area contributed by atoms with Crippen molar-refractivity contribution in [1.29, 1.82) is 0 Å². The summed E-state index contributed by atoms with van der Waals surface area (Å²) in [5, 5.41) is 3.81. The van der Waals surface area contributed by atoms with Crippen LogP contribution in [-0.4, -0.2) is 11.1 Å². The number of benzene rings is 2. The highest BCUT2D eigenvalue weighted by atomic mass is 35.5. The Kier molecular flexibility index (Phi) is 4.83. The Labute approximate surface area is 163 Å². The fourth-order valence-corrected chi connectivity index (χ4v) is 3.42. The van der Waals surface area contributed by atoms with Crippen molar-refractivity contribution >= 4 is 46.2 Å². The molecular weight excluding hydrogens is 387 g/mol. The van der Waals surface area contributed by atoms with Gasteiger partial charge in [0.25, 0.3) is 5.91 Å². The zero-order valence-electron chi connectivity index (χ0n) is 13.8. The molecular formula is C20H12ClFN2O2S. The monoisotopic (exact) mass is 398 g/mol. The lowest BCUT2D eigenvalue weighted by molar-refractivity contribution is -0.115. The highest BCUT2D eigenvalue weighted by Gasteiger charge is 2.24. The number of nitrogens with zero attached hydrogens (tertiary/aromatic N) is 1. The zero-order chi connectivity index (χ0) is 18.8. The zero-order valence-corrected chi connectivity index (χ0v) is 15.4. The predicted molar refractivity (Wildman–Crippen MR) is 106 cm³/mol. The molecule has 2 heterocycles. The quantitative estimate of drug-likeness (QED) is 0.581. The number of rotatable bonds is 3. The van der Waals surface area contributed by atoms with Gasteiger partial charge in [0.1, 0.15) is 17.3 Å². The summed E-state index contributed by atoms with van der Waals surface area (Å²) in [6, 6.07) is 16.6. The van der Waals surface area contributed by atoms with Gasteiger partial charge in [0.05, 0.1) is 10.6 Å². The number of nitrogens with one attached hydrogen (secondary N) is 1. The van der Waals surface area contributed by atoms with Crippen molar-refractivity contribution < 1.29 is 13.6 Å².